The third kappa shape index (κ3) is 4.13. The summed E-state index contributed by atoms with van der Waals surface area (Å²) in [5.74, 6) is 0.623. The summed E-state index contributed by atoms with van der Waals surface area (Å²) >= 11 is 5.82. The van der Waals surface area contributed by atoms with E-state index in [9.17, 15) is 9.90 Å². The summed E-state index contributed by atoms with van der Waals surface area (Å²) in [7, 11) is 0. The second-order valence-corrected chi connectivity index (χ2v) is 9.25. The van der Waals surface area contributed by atoms with Crippen molar-refractivity contribution in [3.8, 4) is 11.3 Å². The summed E-state index contributed by atoms with van der Waals surface area (Å²) in [4.78, 5) is 18.3. The number of aromatic carboxylic acids is 1. The fraction of sp³-hybridized carbons (Fsp3) is 0.346. The van der Waals surface area contributed by atoms with Crippen molar-refractivity contribution in [1.29, 1.82) is 0 Å². The molecule has 170 valence electrons. The van der Waals surface area contributed by atoms with Crippen molar-refractivity contribution >= 4 is 23.3 Å². The van der Waals surface area contributed by atoms with E-state index in [2.05, 4.69) is 15.2 Å². The number of nitrogens with one attached hydrogen (secondary N) is 1. The smallest absolute Gasteiger partial charge is 0.335 e. The van der Waals surface area contributed by atoms with Crippen LogP contribution in [0.4, 0.5) is 0 Å². The van der Waals surface area contributed by atoms with Crippen molar-refractivity contribution in [1.82, 2.24) is 15.2 Å². The van der Waals surface area contributed by atoms with Crippen molar-refractivity contribution in [2.75, 3.05) is 0 Å². The number of hydrogen-bond donors (Lipinski definition) is 2. The summed E-state index contributed by atoms with van der Waals surface area (Å²) in [6.45, 7) is 1.90. The highest BCUT2D eigenvalue weighted by Gasteiger charge is 2.44. The van der Waals surface area contributed by atoms with Gasteiger partial charge >= 0.3 is 5.97 Å². The van der Waals surface area contributed by atoms with E-state index in [0.717, 1.165) is 46.3 Å². The molecule has 7 heteroatoms. The van der Waals surface area contributed by atoms with Crippen molar-refractivity contribution in [2.45, 2.75) is 57.2 Å². The Kier molecular flexibility index (Phi) is 5.89. The Morgan fingerprint density at radius 1 is 1.15 bits per heavy atom. The van der Waals surface area contributed by atoms with Gasteiger partial charge in [-0.2, -0.15) is 0 Å². The topological polar surface area (TPSA) is 78.6 Å². The van der Waals surface area contributed by atoms with Gasteiger partial charge in [-0.1, -0.05) is 31.4 Å². The van der Waals surface area contributed by atoms with Gasteiger partial charge in [0.2, 0.25) is 0 Å². The Labute approximate surface area is 198 Å². The van der Waals surface area contributed by atoms with Crippen molar-refractivity contribution < 1.29 is 14.3 Å². The van der Waals surface area contributed by atoms with E-state index in [-0.39, 0.29) is 17.6 Å². The molecule has 1 saturated heterocycles. The summed E-state index contributed by atoms with van der Waals surface area (Å²) in [6, 6.07) is 15.2. The summed E-state index contributed by atoms with van der Waals surface area (Å²) in [6.07, 6.45) is 7.75. The molecule has 2 aliphatic rings. The molecule has 0 bridgehead atoms. The van der Waals surface area contributed by atoms with E-state index in [0.29, 0.717) is 6.04 Å². The summed E-state index contributed by atoms with van der Waals surface area (Å²) < 4.78 is 6.44. The molecule has 2 aromatic heterocycles. The molecule has 33 heavy (non-hydrogen) atoms. The fourth-order valence-electron chi connectivity index (χ4n) is 5.15. The van der Waals surface area contributed by atoms with Gasteiger partial charge in [-0.15, -0.1) is 0 Å². The van der Waals surface area contributed by atoms with Crippen molar-refractivity contribution in [2.24, 2.45) is 0 Å². The van der Waals surface area contributed by atoms with Crippen LogP contribution in [0.3, 0.4) is 0 Å². The highest BCUT2D eigenvalue weighted by molar-refractivity contribution is 7.80. The van der Waals surface area contributed by atoms with Gasteiger partial charge in [-0.3, -0.25) is 4.98 Å². The molecule has 1 saturated carbocycles. The lowest BCUT2D eigenvalue weighted by Crippen LogP contribution is -2.40. The number of furan rings is 1. The SMILES string of the molecule is Cc1cc(C(=O)O)ccc1-c1ccc([C@@H]2[C@H](c3ccccn3)NC(=S)N2C2CCCCC2)o1. The largest absolute Gasteiger partial charge is 0.478 e. The molecule has 2 atom stereocenters. The van der Waals surface area contributed by atoms with E-state index in [1.54, 1.807) is 18.3 Å². The first-order valence-electron chi connectivity index (χ1n) is 11.5. The maximum atomic E-state index is 11.3. The normalized spacial score (nSPS) is 21.2. The van der Waals surface area contributed by atoms with Crippen LogP contribution in [-0.2, 0) is 0 Å². The number of nitrogens with zero attached hydrogens (tertiary/aromatic N) is 2. The van der Waals surface area contributed by atoms with Gasteiger partial charge in [0.1, 0.15) is 17.6 Å². The zero-order valence-corrected chi connectivity index (χ0v) is 19.3. The highest BCUT2D eigenvalue weighted by Crippen LogP contribution is 2.43. The Morgan fingerprint density at radius 2 is 1.97 bits per heavy atom. The van der Waals surface area contributed by atoms with Crippen LogP contribution < -0.4 is 5.32 Å². The Morgan fingerprint density at radius 3 is 2.67 bits per heavy atom. The number of benzene rings is 1. The van der Waals surface area contributed by atoms with Crippen LogP contribution in [0.15, 0.2) is 59.1 Å². The average molecular weight is 462 g/mol. The van der Waals surface area contributed by atoms with Crippen molar-refractivity contribution in [3.05, 3.63) is 77.3 Å². The molecule has 1 aromatic carbocycles. The predicted octanol–water partition coefficient (Wildman–Crippen LogP) is 5.65. The van der Waals surface area contributed by atoms with Gasteiger partial charge in [0.25, 0.3) is 0 Å². The fourth-order valence-corrected chi connectivity index (χ4v) is 5.54. The average Bonchev–Trinajstić information content (AvgIpc) is 3.44. The number of carboxylic acid groups (broad SMARTS) is 1. The van der Waals surface area contributed by atoms with E-state index < -0.39 is 5.97 Å². The molecule has 0 unspecified atom stereocenters. The van der Waals surface area contributed by atoms with Gasteiger partial charge in [0, 0.05) is 17.8 Å². The molecule has 6 nitrogen and oxygen atoms in total. The van der Waals surface area contributed by atoms with Gasteiger partial charge in [0.05, 0.1) is 17.3 Å². The molecule has 1 aliphatic heterocycles. The molecule has 0 amide bonds. The molecule has 1 aliphatic carbocycles. The highest BCUT2D eigenvalue weighted by atomic mass is 32.1. The number of carbonyl (C=O) groups is 1. The van der Waals surface area contributed by atoms with E-state index in [4.69, 9.17) is 16.6 Å². The molecule has 3 heterocycles. The van der Waals surface area contributed by atoms with Gasteiger partial charge < -0.3 is 19.7 Å². The molecule has 3 aromatic rings. The molecule has 0 spiro atoms. The van der Waals surface area contributed by atoms with Crippen LogP contribution >= 0.6 is 12.2 Å². The van der Waals surface area contributed by atoms with Crippen LogP contribution in [0.1, 0.15) is 71.6 Å². The van der Waals surface area contributed by atoms with Crippen molar-refractivity contribution in [3.63, 3.8) is 0 Å². The molecule has 2 N–H and O–H groups in total. The number of aromatic nitrogens is 1. The van der Waals surface area contributed by atoms with E-state index >= 15 is 0 Å². The molecule has 5 rings (SSSR count). The molecule has 0 radical (unpaired) electrons. The van der Waals surface area contributed by atoms with Gasteiger partial charge in [-0.05, 0) is 73.9 Å². The monoisotopic (exact) mass is 461 g/mol. The number of pyridine rings is 1. The van der Waals surface area contributed by atoms with E-state index in [1.165, 1.54) is 19.3 Å². The minimum Gasteiger partial charge on any atom is -0.478 e. The second-order valence-electron chi connectivity index (χ2n) is 8.86. The Bertz CT molecular complexity index is 1170. The predicted molar refractivity (Wildman–Crippen MR) is 130 cm³/mol. The minimum atomic E-state index is -0.934. The lowest BCUT2D eigenvalue weighted by molar-refractivity contribution is 0.0697. The summed E-state index contributed by atoms with van der Waals surface area (Å²) in [5, 5.41) is 13.5. The zero-order valence-electron chi connectivity index (χ0n) is 18.5. The molecular formula is C26H27N3O3S. The summed E-state index contributed by atoms with van der Waals surface area (Å²) in [5.41, 5.74) is 2.95. The number of aryl methyl sites for hydroxylation is 1. The van der Waals surface area contributed by atoms with Crippen LogP contribution in [0.5, 0.6) is 0 Å². The van der Waals surface area contributed by atoms with Crippen LogP contribution in [0.25, 0.3) is 11.3 Å². The third-order valence-electron chi connectivity index (χ3n) is 6.76. The first-order valence-corrected chi connectivity index (χ1v) is 11.9. The first kappa shape index (κ1) is 21.6. The number of carboxylic acids is 1. The Hall–Kier alpha value is -3.19. The van der Waals surface area contributed by atoms with Crippen LogP contribution in [0, 0.1) is 6.92 Å². The molecular weight excluding hydrogens is 434 g/mol. The van der Waals surface area contributed by atoms with Crippen LogP contribution in [0.2, 0.25) is 0 Å². The zero-order chi connectivity index (χ0) is 22.9. The standard InChI is InChI=1S/C26H27N3O3S/c1-16-15-17(25(30)31)10-11-19(16)21-12-13-22(32-21)24-23(20-9-5-6-14-27-20)28-26(33)29(24)18-7-3-2-4-8-18/h5-6,9-15,18,23-24H,2-4,7-8H2,1H3,(H,28,33)(H,30,31)/t23-,24+/m0/s1. The number of hydrogen-bond acceptors (Lipinski definition) is 4. The first-order chi connectivity index (χ1) is 16.0. The number of rotatable bonds is 5. The third-order valence-corrected chi connectivity index (χ3v) is 7.09. The van der Waals surface area contributed by atoms with Crippen LogP contribution in [-0.4, -0.2) is 32.1 Å². The minimum absolute atomic E-state index is 0.0946. The maximum Gasteiger partial charge on any atom is 0.335 e. The van der Waals surface area contributed by atoms with Gasteiger partial charge in [0.15, 0.2) is 5.11 Å². The lowest BCUT2D eigenvalue weighted by Gasteiger charge is -2.36. The lowest BCUT2D eigenvalue weighted by atomic mass is 9.92. The Balaban J connectivity index is 1.53. The molecule has 2 fully saturated rings. The second kappa shape index (κ2) is 8.98. The maximum absolute atomic E-state index is 11.3. The number of thiocarbonyl (C=S) groups is 1. The van der Waals surface area contributed by atoms with E-state index in [1.807, 2.05) is 43.3 Å². The van der Waals surface area contributed by atoms with Gasteiger partial charge in [-0.25, -0.2) is 4.79 Å². The quantitative estimate of drug-likeness (QED) is 0.475.